The van der Waals surface area contributed by atoms with Crippen molar-refractivity contribution in [2.75, 3.05) is 13.1 Å². The number of carbonyl (C=O) groups excluding carboxylic acids is 1. The third-order valence-electron chi connectivity index (χ3n) is 4.93. The minimum Gasteiger partial charge on any atom is -0.342 e. The van der Waals surface area contributed by atoms with Crippen molar-refractivity contribution in [1.82, 2.24) is 25.9 Å². The van der Waals surface area contributed by atoms with E-state index in [1.165, 1.54) is 0 Å². The van der Waals surface area contributed by atoms with Crippen molar-refractivity contribution in [2.24, 2.45) is 5.92 Å². The number of hydrogen-bond acceptors (Lipinski definition) is 4. The van der Waals surface area contributed by atoms with Crippen LogP contribution < -0.4 is 16.0 Å². The van der Waals surface area contributed by atoms with Crippen molar-refractivity contribution >= 4 is 5.91 Å². The molecular formula is C18H23N5O. The number of piperidine rings is 1. The van der Waals surface area contributed by atoms with Gasteiger partial charge < -0.3 is 15.6 Å². The van der Waals surface area contributed by atoms with Gasteiger partial charge in [0.1, 0.15) is 5.82 Å². The zero-order chi connectivity index (χ0) is 16.4. The molecule has 1 amide bonds. The van der Waals surface area contributed by atoms with Crippen molar-refractivity contribution < 1.29 is 4.79 Å². The first-order chi connectivity index (χ1) is 11.8. The summed E-state index contributed by atoms with van der Waals surface area (Å²) in [6.45, 7) is 1.79. The molecular weight excluding hydrogens is 302 g/mol. The van der Waals surface area contributed by atoms with Gasteiger partial charge in [-0.05, 0) is 24.9 Å². The van der Waals surface area contributed by atoms with E-state index in [2.05, 4.69) is 38.1 Å². The fraction of sp³-hybridized carbons (Fsp3) is 0.444. The van der Waals surface area contributed by atoms with E-state index in [9.17, 15) is 4.79 Å². The molecule has 0 spiro atoms. The Hall–Kier alpha value is -2.18. The number of nitrogens with one attached hydrogen (secondary N) is 4. The third kappa shape index (κ3) is 3.20. The van der Waals surface area contributed by atoms with Gasteiger partial charge in [0.15, 0.2) is 0 Å². The van der Waals surface area contributed by atoms with Gasteiger partial charge in [-0.2, -0.15) is 0 Å². The predicted octanol–water partition coefficient (Wildman–Crippen LogP) is 1.03. The maximum atomic E-state index is 12.2. The summed E-state index contributed by atoms with van der Waals surface area (Å²) >= 11 is 0. The Bertz CT molecular complexity index is 698. The molecule has 2 aromatic rings. The number of hydrogen-bond donors (Lipinski definition) is 4. The second-order valence-corrected chi connectivity index (χ2v) is 6.58. The number of imidazole rings is 1. The summed E-state index contributed by atoms with van der Waals surface area (Å²) in [6.07, 6.45) is 4.43. The molecule has 6 heteroatoms. The predicted molar refractivity (Wildman–Crippen MR) is 92.2 cm³/mol. The van der Waals surface area contributed by atoms with Gasteiger partial charge >= 0.3 is 0 Å². The van der Waals surface area contributed by atoms with Gasteiger partial charge in [-0.1, -0.05) is 30.3 Å². The Kier molecular flexibility index (Phi) is 4.32. The van der Waals surface area contributed by atoms with E-state index >= 15 is 0 Å². The maximum Gasteiger partial charge on any atom is 0.225 e. The monoisotopic (exact) mass is 325 g/mol. The number of rotatable bonds is 4. The van der Waals surface area contributed by atoms with E-state index in [1.54, 1.807) is 0 Å². The largest absolute Gasteiger partial charge is 0.342 e. The van der Waals surface area contributed by atoms with Gasteiger partial charge in [0, 0.05) is 19.0 Å². The van der Waals surface area contributed by atoms with E-state index in [0.717, 1.165) is 49.4 Å². The van der Waals surface area contributed by atoms with Gasteiger partial charge in [0.05, 0.1) is 24.0 Å². The highest BCUT2D eigenvalue weighted by atomic mass is 16.2. The molecule has 1 aromatic carbocycles. The molecule has 2 saturated heterocycles. The summed E-state index contributed by atoms with van der Waals surface area (Å²) in [4.78, 5) is 20.1. The van der Waals surface area contributed by atoms with E-state index < -0.39 is 0 Å². The molecule has 0 bridgehead atoms. The van der Waals surface area contributed by atoms with Crippen LogP contribution in [0.25, 0.3) is 11.3 Å². The van der Waals surface area contributed by atoms with Crippen molar-refractivity contribution in [2.45, 2.75) is 31.5 Å². The minimum absolute atomic E-state index is 0.0175. The lowest BCUT2D eigenvalue weighted by Crippen LogP contribution is -2.65. The number of amides is 1. The van der Waals surface area contributed by atoms with E-state index in [1.807, 2.05) is 24.4 Å². The van der Waals surface area contributed by atoms with Crippen LogP contribution in [0.1, 0.15) is 18.7 Å². The van der Waals surface area contributed by atoms with Gasteiger partial charge in [0.25, 0.3) is 0 Å². The van der Waals surface area contributed by atoms with Gasteiger partial charge in [-0.3, -0.25) is 10.1 Å². The van der Waals surface area contributed by atoms with Crippen molar-refractivity contribution in [3.63, 3.8) is 0 Å². The van der Waals surface area contributed by atoms with Crippen molar-refractivity contribution in [1.29, 1.82) is 0 Å². The third-order valence-corrected chi connectivity index (χ3v) is 4.93. The van der Waals surface area contributed by atoms with E-state index in [-0.39, 0.29) is 24.0 Å². The Labute approximate surface area is 141 Å². The van der Waals surface area contributed by atoms with Crippen LogP contribution in [-0.2, 0) is 11.2 Å². The van der Waals surface area contributed by atoms with Crippen LogP contribution in [0, 0.1) is 5.92 Å². The molecule has 0 radical (unpaired) electrons. The summed E-state index contributed by atoms with van der Waals surface area (Å²) in [5, 5.41) is 10.0. The molecule has 126 valence electrons. The first-order valence-corrected chi connectivity index (χ1v) is 8.66. The van der Waals surface area contributed by atoms with E-state index in [0.29, 0.717) is 0 Å². The normalized spacial score (nSPS) is 26.7. The highest BCUT2D eigenvalue weighted by Gasteiger charge is 2.37. The van der Waals surface area contributed by atoms with Crippen LogP contribution in [0.4, 0.5) is 0 Å². The first kappa shape index (κ1) is 15.4. The number of fused-ring (bicyclic) bond motifs is 1. The molecule has 4 rings (SSSR count). The molecule has 0 aliphatic carbocycles. The number of H-pyrrole nitrogens is 1. The maximum absolute atomic E-state index is 12.2. The lowest BCUT2D eigenvalue weighted by atomic mass is 9.89. The number of aromatic nitrogens is 2. The summed E-state index contributed by atoms with van der Waals surface area (Å²) in [6, 6.07) is 10.4. The Morgan fingerprint density at radius 2 is 2.08 bits per heavy atom. The first-order valence-electron chi connectivity index (χ1n) is 8.66. The lowest BCUT2D eigenvalue weighted by molar-refractivity contribution is -0.130. The molecule has 2 fully saturated rings. The Balaban J connectivity index is 1.35. The molecule has 3 atom stereocenters. The molecule has 6 nitrogen and oxygen atoms in total. The highest BCUT2D eigenvalue weighted by Crippen LogP contribution is 2.19. The van der Waals surface area contributed by atoms with Crippen LogP contribution in [0.3, 0.4) is 0 Å². The zero-order valence-electron chi connectivity index (χ0n) is 13.6. The average molecular weight is 325 g/mol. The van der Waals surface area contributed by atoms with Gasteiger partial charge in [-0.15, -0.1) is 0 Å². The molecule has 24 heavy (non-hydrogen) atoms. The molecule has 3 heterocycles. The van der Waals surface area contributed by atoms with Crippen molar-refractivity contribution in [3.8, 4) is 11.3 Å². The van der Waals surface area contributed by atoms with Gasteiger partial charge in [-0.25, -0.2) is 4.98 Å². The van der Waals surface area contributed by atoms with Crippen LogP contribution >= 0.6 is 0 Å². The summed E-state index contributed by atoms with van der Waals surface area (Å²) < 4.78 is 0. The molecule has 3 unspecified atom stereocenters. The number of nitrogens with zero attached hydrogens (tertiary/aromatic N) is 1. The quantitative estimate of drug-likeness (QED) is 0.677. The summed E-state index contributed by atoms with van der Waals surface area (Å²) in [7, 11) is 0. The molecule has 0 saturated carbocycles. The van der Waals surface area contributed by atoms with Crippen LogP contribution in [0.2, 0.25) is 0 Å². The SMILES string of the molecule is O=C1NC(CCc2ncc(-c3ccccc3)[nH]2)NC2CNCCC12. The van der Waals surface area contributed by atoms with Crippen LogP contribution in [0.15, 0.2) is 36.5 Å². The van der Waals surface area contributed by atoms with E-state index in [4.69, 9.17) is 0 Å². The number of aromatic amines is 1. The highest BCUT2D eigenvalue weighted by molar-refractivity contribution is 5.80. The topological polar surface area (TPSA) is 81.8 Å². The zero-order valence-corrected chi connectivity index (χ0v) is 13.6. The molecule has 2 aliphatic heterocycles. The smallest absolute Gasteiger partial charge is 0.225 e. The Morgan fingerprint density at radius 3 is 2.96 bits per heavy atom. The Morgan fingerprint density at radius 1 is 1.21 bits per heavy atom. The molecule has 2 aliphatic rings. The summed E-state index contributed by atoms with van der Waals surface area (Å²) in [5.41, 5.74) is 2.17. The average Bonchev–Trinajstić information content (AvgIpc) is 3.10. The standard InChI is InChI=1S/C18H23N5O/c24-18-13-8-9-19-10-15(13)22-17(23-18)7-6-16-20-11-14(21-16)12-4-2-1-3-5-12/h1-5,11,13,15,17,19,22H,6-10H2,(H,20,21)(H,23,24). The summed E-state index contributed by atoms with van der Waals surface area (Å²) in [5.74, 6) is 1.25. The fourth-order valence-corrected chi connectivity index (χ4v) is 3.62. The van der Waals surface area contributed by atoms with Crippen LogP contribution in [0.5, 0.6) is 0 Å². The second-order valence-electron chi connectivity index (χ2n) is 6.58. The van der Waals surface area contributed by atoms with Crippen LogP contribution in [-0.4, -0.2) is 41.2 Å². The number of benzene rings is 1. The number of carbonyl (C=O) groups is 1. The second kappa shape index (κ2) is 6.75. The number of aryl methyl sites for hydroxylation is 1. The molecule has 1 aromatic heterocycles. The lowest BCUT2D eigenvalue weighted by Gasteiger charge is -2.40. The molecule has 4 N–H and O–H groups in total. The van der Waals surface area contributed by atoms with Crippen molar-refractivity contribution in [3.05, 3.63) is 42.4 Å². The fourth-order valence-electron chi connectivity index (χ4n) is 3.62. The minimum atomic E-state index is 0.0175. The van der Waals surface area contributed by atoms with Gasteiger partial charge in [0.2, 0.25) is 5.91 Å².